The molecule has 0 spiro atoms. The van der Waals surface area contributed by atoms with Crippen molar-refractivity contribution in [2.24, 2.45) is 0 Å². The molecule has 3 aromatic rings. The second kappa shape index (κ2) is 10.9. The number of ether oxygens (including phenoxy) is 2. The average Bonchev–Trinajstić information content (AvgIpc) is 2.86. The second-order valence-corrected chi connectivity index (χ2v) is 8.46. The first-order chi connectivity index (χ1) is 16.6. The van der Waals surface area contributed by atoms with Gasteiger partial charge in [-0.15, -0.1) is 11.8 Å². The molecule has 0 saturated carbocycles. The van der Waals surface area contributed by atoms with Gasteiger partial charge >= 0.3 is 0 Å². The maximum absolute atomic E-state index is 13.7. The van der Waals surface area contributed by atoms with Crippen LogP contribution in [-0.2, 0) is 10.5 Å². The molecule has 3 heterocycles. The predicted molar refractivity (Wildman–Crippen MR) is 125 cm³/mol. The van der Waals surface area contributed by atoms with Gasteiger partial charge in [0.1, 0.15) is 53.4 Å². The molecule has 0 atom stereocenters. The van der Waals surface area contributed by atoms with Crippen molar-refractivity contribution in [2.45, 2.75) is 17.0 Å². The van der Waals surface area contributed by atoms with Crippen molar-refractivity contribution in [3.63, 3.8) is 0 Å². The number of aromatic nitrogens is 3. The lowest BCUT2D eigenvalue weighted by molar-refractivity contribution is 0.146. The highest BCUT2D eigenvalue weighted by Gasteiger charge is 2.32. The van der Waals surface area contributed by atoms with Crippen molar-refractivity contribution in [3.05, 3.63) is 59.7 Å². The fourth-order valence-electron chi connectivity index (χ4n) is 3.50. The maximum Gasteiger partial charge on any atom is 0.148 e. The van der Waals surface area contributed by atoms with Crippen LogP contribution >= 0.6 is 11.8 Å². The number of rotatable bonds is 9. The van der Waals surface area contributed by atoms with Gasteiger partial charge in [-0.25, -0.2) is 19.3 Å². The minimum absolute atomic E-state index is 0.163. The SMILES string of the molecule is COCCOc1ccc(-c2c(C#N)c(SCc3cncnc3)nc(N3CC(F)C3)c2C#N)cc1. The van der Waals surface area contributed by atoms with E-state index in [9.17, 15) is 14.9 Å². The van der Waals surface area contributed by atoms with Crippen LogP contribution in [0.25, 0.3) is 11.1 Å². The number of hydrogen-bond acceptors (Lipinski definition) is 9. The number of methoxy groups -OCH3 is 1. The molecular weight excluding hydrogens is 455 g/mol. The number of thioether (sulfide) groups is 1. The summed E-state index contributed by atoms with van der Waals surface area (Å²) in [5.74, 6) is 1.53. The Kier molecular flexibility index (Phi) is 7.53. The molecule has 34 heavy (non-hydrogen) atoms. The predicted octanol–water partition coefficient (Wildman–Crippen LogP) is 3.76. The Bertz CT molecular complexity index is 1220. The van der Waals surface area contributed by atoms with Gasteiger partial charge in [0.05, 0.1) is 25.3 Å². The average molecular weight is 477 g/mol. The Hall–Kier alpha value is -3.73. The fourth-order valence-corrected chi connectivity index (χ4v) is 4.39. The van der Waals surface area contributed by atoms with Crippen LogP contribution in [0.3, 0.4) is 0 Å². The van der Waals surface area contributed by atoms with Crippen molar-refractivity contribution in [3.8, 4) is 29.0 Å². The summed E-state index contributed by atoms with van der Waals surface area (Å²) in [4.78, 5) is 14.4. The molecule has 1 fully saturated rings. The van der Waals surface area contributed by atoms with Gasteiger partial charge < -0.3 is 14.4 Å². The third kappa shape index (κ3) is 5.09. The summed E-state index contributed by atoms with van der Waals surface area (Å²) in [7, 11) is 1.60. The summed E-state index contributed by atoms with van der Waals surface area (Å²) in [5, 5.41) is 20.6. The number of nitrogens with zero attached hydrogens (tertiary/aromatic N) is 6. The molecule has 1 aliphatic rings. The van der Waals surface area contributed by atoms with E-state index in [0.717, 1.165) is 5.56 Å². The van der Waals surface area contributed by atoms with Crippen LogP contribution in [0.2, 0.25) is 0 Å². The summed E-state index contributed by atoms with van der Waals surface area (Å²) in [5.41, 5.74) is 2.58. The van der Waals surface area contributed by atoms with E-state index < -0.39 is 6.17 Å². The third-order valence-corrected chi connectivity index (χ3v) is 6.24. The van der Waals surface area contributed by atoms with Crippen molar-refractivity contribution in [1.29, 1.82) is 10.5 Å². The van der Waals surface area contributed by atoms with Gasteiger partial charge in [-0.3, -0.25) is 0 Å². The number of pyridine rings is 1. The molecule has 172 valence electrons. The van der Waals surface area contributed by atoms with Gasteiger partial charge in [0.2, 0.25) is 0 Å². The highest BCUT2D eigenvalue weighted by Crippen LogP contribution is 2.40. The number of benzene rings is 1. The lowest BCUT2D eigenvalue weighted by atomic mass is 9.95. The summed E-state index contributed by atoms with van der Waals surface area (Å²) >= 11 is 1.35. The number of halogens is 1. The fraction of sp³-hybridized carbons (Fsp3) is 0.292. The summed E-state index contributed by atoms with van der Waals surface area (Å²) < 4.78 is 24.3. The normalized spacial score (nSPS) is 13.1. The molecule has 0 unspecified atom stereocenters. The van der Waals surface area contributed by atoms with Gasteiger partial charge in [-0.1, -0.05) is 12.1 Å². The number of hydrogen-bond donors (Lipinski definition) is 0. The molecule has 0 radical (unpaired) electrons. The monoisotopic (exact) mass is 476 g/mol. The zero-order chi connectivity index (χ0) is 23.9. The lowest BCUT2D eigenvalue weighted by Crippen LogP contribution is -2.49. The Morgan fingerprint density at radius 3 is 2.41 bits per heavy atom. The minimum atomic E-state index is -0.964. The van der Waals surface area contributed by atoms with Crippen LogP contribution in [0, 0.1) is 22.7 Å². The first-order valence-corrected chi connectivity index (χ1v) is 11.5. The molecule has 1 saturated heterocycles. The van der Waals surface area contributed by atoms with Gasteiger partial charge in [0.25, 0.3) is 0 Å². The Morgan fingerprint density at radius 2 is 1.79 bits per heavy atom. The number of anilines is 1. The van der Waals surface area contributed by atoms with E-state index in [-0.39, 0.29) is 18.7 Å². The lowest BCUT2D eigenvalue weighted by Gasteiger charge is -2.36. The van der Waals surface area contributed by atoms with Gasteiger partial charge in [-0.2, -0.15) is 10.5 Å². The summed E-state index contributed by atoms with van der Waals surface area (Å²) in [6, 6.07) is 11.6. The van der Waals surface area contributed by atoms with Gasteiger partial charge in [-0.05, 0) is 23.3 Å². The van der Waals surface area contributed by atoms with E-state index in [2.05, 4.69) is 27.1 Å². The maximum atomic E-state index is 13.7. The quantitative estimate of drug-likeness (QED) is 0.337. The molecule has 0 N–H and O–H groups in total. The molecule has 1 aliphatic heterocycles. The van der Waals surface area contributed by atoms with Crippen molar-refractivity contribution in [1.82, 2.24) is 15.0 Å². The Balaban J connectivity index is 1.76. The number of nitriles is 2. The molecule has 0 amide bonds. The van der Waals surface area contributed by atoms with E-state index in [0.29, 0.717) is 52.3 Å². The zero-order valence-electron chi connectivity index (χ0n) is 18.4. The largest absolute Gasteiger partial charge is 0.491 e. The first kappa shape index (κ1) is 23.4. The molecule has 0 bridgehead atoms. The van der Waals surface area contributed by atoms with Gasteiger partial charge in [0, 0.05) is 30.8 Å². The Labute approximate surface area is 201 Å². The number of alkyl halides is 1. The molecule has 2 aromatic heterocycles. The van der Waals surface area contributed by atoms with Crippen LogP contribution in [-0.4, -0.2) is 54.5 Å². The zero-order valence-corrected chi connectivity index (χ0v) is 19.3. The second-order valence-electron chi connectivity index (χ2n) is 7.49. The van der Waals surface area contributed by atoms with Crippen molar-refractivity contribution < 1.29 is 13.9 Å². The van der Waals surface area contributed by atoms with E-state index in [1.54, 1.807) is 48.7 Å². The van der Waals surface area contributed by atoms with E-state index in [4.69, 9.17) is 9.47 Å². The summed E-state index contributed by atoms with van der Waals surface area (Å²) in [6.07, 6.45) is 3.88. The van der Waals surface area contributed by atoms with Crippen molar-refractivity contribution >= 4 is 17.6 Å². The van der Waals surface area contributed by atoms with Crippen LogP contribution in [0.1, 0.15) is 16.7 Å². The standard InChI is InChI=1S/C24H21FN6O2S/c1-32-6-7-33-19-4-2-17(3-5-19)22-20(8-26)23(31-12-18(25)13-31)30-24(21(22)9-27)34-14-16-10-28-15-29-11-16/h2-5,10-11,15,18H,6-7,12-14H2,1H3. The molecule has 0 aliphatic carbocycles. The molecule has 1 aromatic carbocycles. The highest BCUT2D eigenvalue weighted by molar-refractivity contribution is 7.98. The highest BCUT2D eigenvalue weighted by atomic mass is 32.2. The topological polar surface area (TPSA) is 108 Å². The van der Waals surface area contributed by atoms with Crippen LogP contribution in [0.4, 0.5) is 10.2 Å². The van der Waals surface area contributed by atoms with E-state index >= 15 is 0 Å². The van der Waals surface area contributed by atoms with Crippen molar-refractivity contribution in [2.75, 3.05) is 38.3 Å². The van der Waals surface area contributed by atoms with Crippen LogP contribution in [0.5, 0.6) is 5.75 Å². The Morgan fingerprint density at radius 1 is 1.09 bits per heavy atom. The van der Waals surface area contributed by atoms with Crippen LogP contribution < -0.4 is 9.64 Å². The third-order valence-electron chi connectivity index (χ3n) is 5.19. The first-order valence-electron chi connectivity index (χ1n) is 10.5. The smallest absolute Gasteiger partial charge is 0.148 e. The molecular formula is C24H21FN6O2S. The van der Waals surface area contributed by atoms with E-state index in [1.165, 1.54) is 18.1 Å². The molecule has 4 rings (SSSR count). The molecule has 10 heteroatoms. The van der Waals surface area contributed by atoms with E-state index in [1.807, 2.05) is 0 Å². The summed E-state index contributed by atoms with van der Waals surface area (Å²) in [6.45, 7) is 1.20. The van der Waals surface area contributed by atoms with Gasteiger partial charge in [0.15, 0.2) is 0 Å². The van der Waals surface area contributed by atoms with Crippen LogP contribution in [0.15, 0.2) is 48.0 Å². The minimum Gasteiger partial charge on any atom is -0.491 e. The molecule has 8 nitrogen and oxygen atoms in total.